The maximum Gasteiger partial charge on any atom is 0.346 e. The van der Waals surface area contributed by atoms with Gasteiger partial charge in [0.15, 0.2) is 6.10 Å². The second kappa shape index (κ2) is 8.01. The lowest BCUT2D eigenvalue weighted by molar-refractivity contribution is -0.147. The summed E-state index contributed by atoms with van der Waals surface area (Å²) in [6.45, 7) is 1.59. The molecule has 1 unspecified atom stereocenters. The van der Waals surface area contributed by atoms with Gasteiger partial charge in [0, 0.05) is 5.56 Å². The minimum Gasteiger partial charge on any atom is -0.495 e. The van der Waals surface area contributed by atoms with Gasteiger partial charge in [-0.05, 0) is 43.3 Å². The van der Waals surface area contributed by atoms with Crippen LogP contribution in [0.3, 0.4) is 0 Å². The number of carbonyl (C=O) groups excluding carboxylic acids is 2. The average molecular weight is 329 g/mol. The lowest BCUT2D eigenvalue weighted by atomic mass is 10.2. The summed E-state index contributed by atoms with van der Waals surface area (Å²) in [4.78, 5) is 23.6. The Kier molecular flexibility index (Phi) is 5.78. The van der Waals surface area contributed by atoms with Gasteiger partial charge >= 0.3 is 5.97 Å². The van der Waals surface area contributed by atoms with Crippen LogP contribution in [0.5, 0.6) is 11.5 Å². The molecule has 0 aromatic heterocycles. The van der Waals surface area contributed by atoms with Crippen LogP contribution in [-0.4, -0.2) is 32.2 Å². The number of hydrogen-bond acceptors (Lipinski definition) is 5. The number of benzene rings is 2. The average Bonchev–Trinajstić information content (AvgIpc) is 2.61. The molecule has 2 rings (SSSR count). The van der Waals surface area contributed by atoms with Gasteiger partial charge in [0.2, 0.25) is 0 Å². The normalized spacial score (nSPS) is 11.3. The summed E-state index contributed by atoms with van der Waals surface area (Å²) in [6, 6.07) is 13.6. The lowest BCUT2D eigenvalue weighted by Gasteiger charge is -2.13. The number of rotatable bonds is 6. The maximum absolute atomic E-state index is 12.3. The van der Waals surface area contributed by atoms with Crippen LogP contribution >= 0.6 is 0 Å². The molecule has 0 spiro atoms. The number of nitrogens with one attached hydrogen (secondary N) is 1. The van der Waals surface area contributed by atoms with Gasteiger partial charge in [-0.2, -0.15) is 0 Å². The van der Waals surface area contributed by atoms with Gasteiger partial charge < -0.3 is 19.5 Å². The standard InChI is InChI=1S/C18H19NO5/c1-12(18(21)23-3)24-14-10-8-13(9-11-14)17(20)19-15-6-4-5-7-16(15)22-2/h4-12H,1-3H3,(H,19,20). The van der Waals surface area contributed by atoms with Crippen LogP contribution in [-0.2, 0) is 9.53 Å². The molecule has 0 heterocycles. The van der Waals surface area contributed by atoms with Gasteiger partial charge in [-0.3, -0.25) is 4.79 Å². The van der Waals surface area contributed by atoms with Crippen LogP contribution in [0.4, 0.5) is 5.69 Å². The predicted octanol–water partition coefficient (Wildman–Crippen LogP) is 2.89. The van der Waals surface area contributed by atoms with E-state index in [0.29, 0.717) is 22.7 Å². The molecule has 24 heavy (non-hydrogen) atoms. The second-order valence-corrected chi connectivity index (χ2v) is 4.96. The summed E-state index contributed by atoms with van der Waals surface area (Å²) in [6.07, 6.45) is -0.719. The molecule has 0 saturated heterocycles. The molecular formula is C18H19NO5. The van der Waals surface area contributed by atoms with E-state index in [1.165, 1.54) is 7.11 Å². The molecule has 1 N–H and O–H groups in total. The van der Waals surface area contributed by atoms with Crippen molar-refractivity contribution in [2.75, 3.05) is 19.5 Å². The Hall–Kier alpha value is -3.02. The molecule has 6 nitrogen and oxygen atoms in total. The fourth-order valence-corrected chi connectivity index (χ4v) is 2.05. The first-order valence-electron chi connectivity index (χ1n) is 7.34. The fraction of sp³-hybridized carbons (Fsp3) is 0.222. The SMILES string of the molecule is COC(=O)C(C)Oc1ccc(C(=O)Nc2ccccc2OC)cc1. The van der Waals surface area contributed by atoms with Crippen molar-refractivity contribution in [3.8, 4) is 11.5 Å². The first kappa shape index (κ1) is 17.3. The predicted molar refractivity (Wildman–Crippen MR) is 89.5 cm³/mol. The number of methoxy groups -OCH3 is 2. The molecule has 0 aliphatic carbocycles. The van der Waals surface area contributed by atoms with E-state index in [9.17, 15) is 9.59 Å². The van der Waals surface area contributed by atoms with E-state index >= 15 is 0 Å². The highest BCUT2D eigenvalue weighted by molar-refractivity contribution is 6.05. The summed E-state index contributed by atoms with van der Waals surface area (Å²) in [5.41, 5.74) is 1.05. The molecule has 0 saturated carbocycles. The monoisotopic (exact) mass is 329 g/mol. The molecule has 2 aromatic rings. The van der Waals surface area contributed by atoms with Gasteiger partial charge in [0.25, 0.3) is 5.91 Å². The molecule has 0 fully saturated rings. The number of para-hydroxylation sites is 2. The zero-order chi connectivity index (χ0) is 17.5. The maximum atomic E-state index is 12.3. The van der Waals surface area contributed by atoms with Gasteiger partial charge in [-0.15, -0.1) is 0 Å². The van der Waals surface area contributed by atoms with E-state index < -0.39 is 12.1 Å². The van der Waals surface area contributed by atoms with Crippen molar-refractivity contribution in [3.63, 3.8) is 0 Å². The van der Waals surface area contributed by atoms with Crippen LogP contribution < -0.4 is 14.8 Å². The summed E-state index contributed by atoms with van der Waals surface area (Å²) >= 11 is 0. The van der Waals surface area contributed by atoms with Crippen LogP contribution in [0.25, 0.3) is 0 Å². The topological polar surface area (TPSA) is 73.9 Å². The zero-order valence-corrected chi connectivity index (χ0v) is 13.7. The zero-order valence-electron chi connectivity index (χ0n) is 13.7. The van der Waals surface area contributed by atoms with Crippen molar-refractivity contribution < 1.29 is 23.8 Å². The Bertz CT molecular complexity index is 712. The number of carbonyl (C=O) groups is 2. The molecule has 0 bridgehead atoms. The van der Waals surface area contributed by atoms with Crippen molar-refractivity contribution in [2.45, 2.75) is 13.0 Å². The van der Waals surface area contributed by atoms with Gasteiger partial charge in [0.1, 0.15) is 11.5 Å². The smallest absolute Gasteiger partial charge is 0.346 e. The molecule has 126 valence electrons. The minimum absolute atomic E-state index is 0.271. The van der Waals surface area contributed by atoms with Crippen molar-refractivity contribution in [1.29, 1.82) is 0 Å². The van der Waals surface area contributed by atoms with Crippen molar-refractivity contribution in [2.24, 2.45) is 0 Å². The molecular weight excluding hydrogens is 310 g/mol. The highest BCUT2D eigenvalue weighted by Gasteiger charge is 2.15. The molecule has 2 aromatic carbocycles. The van der Waals surface area contributed by atoms with Gasteiger partial charge in [-0.1, -0.05) is 12.1 Å². The Morgan fingerprint density at radius 3 is 2.29 bits per heavy atom. The van der Waals surface area contributed by atoms with E-state index in [2.05, 4.69) is 10.1 Å². The van der Waals surface area contributed by atoms with Crippen LogP contribution in [0.15, 0.2) is 48.5 Å². The quantitative estimate of drug-likeness (QED) is 0.825. The Labute approximate surface area is 140 Å². The molecule has 1 atom stereocenters. The van der Waals surface area contributed by atoms with Crippen molar-refractivity contribution >= 4 is 17.6 Å². The Balaban J connectivity index is 2.05. The first-order valence-corrected chi connectivity index (χ1v) is 7.34. The van der Waals surface area contributed by atoms with E-state index in [0.717, 1.165) is 0 Å². The third-order valence-corrected chi connectivity index (χ3v) is 3.32. The van der Waals surface area contributed by atoms with E-state index in [1.54, 1.807) is 50.4 Å². The summed E-state index contributed by atoms with van der Waals surface area (Å²) in [5.74, 6) is 0.319. The summed E-state index contributed by atoms with van der Waals surface area (Å²) in [5, 5.41) is 2.79. The third kappa shape index (κ3) is 4.25. The van der Waals surface area contributed by atoms with Crippen LogP contribution in [0, 0.1) is 0 Å². The summed E-state index contributed by atoms with van der Waals surface area (Å²) in [7, 11) is 2.84. The number of ether oxygens (including phenoxy) is 3. The van der Waals surface area contributed by atoms with E-state index in [-0.39, 0.29) is 5.91 Å². The third-order valence-electron chi connectivity index (χ3n) is 3.32. The number of hydrogen-bond donors (Lipinski definition) is 1. The Morgan fingerprint density at radius 1 is 1.00 bits per heavy atom. The van der Waals surface area contributed by atoms with Crippen molar-refractivity contribution in [1.82, 2.24) is 0 Å². The highest BCUT2D eigenvalue weighted by Crippen LogP contribution is 2.24. The first-order chi connectivity index (χ1) is 11.5. The van der Waals surface area contributed by atoms with Gasteiger partial charge in [0.05, 0.1) is 19.9 Å². The Morgan fingerprint density at radius 2 is 1.67 bits per heavy atom. The minimum atomic E-state index is -0.719. The molecule has 0 aliphatic heterocycles. The van der Waals surface area contributed by atoms with Crippen LogP contribution in [0.1, 0.15) is 17.3 Å². The number of amides is 1. The second-order valence-electron chi connectivity index (χ2n) is 4.96. The molecule has 0 radical (unpaired) electrons. The number of esters is 1. The van der Waals surface area contributed by atoms with E-state index in [4.69, 9.17) is 9.47 Å². The number of anilines is 1. The molecule has 0 aliphatic rings. The largest absolute Gasteiger partial charge is 0.495 e. The highest BCUT2D eigenvalue weighted by atomic mass is 16.6. The van der Waals surface area contributed by atoms with Gasteiger partial charge in [-0.25, -0.2) is 4.79 Å². The molecule has 6 heteroatoms. The summed E-state index contributed by atoms with van der Waals surface area (Å²) < 4.78 is 15.2. The van der Waals surface area contributed by atoms with Crippen LogP contribution in [0.2, 0.25) is 0 Å². The fourth-order valence-electron chi connectivity index (χ4n) is 2.05. The van der Waals surface area contributed by atoms with E-state index in [1.807, 2.05) is 12.1 Å². The van der Waals surface area contributed by atoms with Crippen molar-refractivity contribution in [3.05, 3.63) is 54.1 Å². The molecule has 1 amide bonds. The lowest BCUT2D eigenvalue weighted by Crippen LogP contribution is -2.24.